The summed E-state index contributed by atoms with van der Waals surface area (Å²) in [4.78, 5) is 23.9. The maximum absolute atomic E-state index is 12.1. The fourth-order valence-electron chi connectivity index (χ4n) is 2.93. The van der Waals surface area contributed by atoms with Gasteiger partial charge >= 0.3 is 5.97 Å². The fourth-order valence-corrected chi connectivity index (χ4v) is 2.93. The van der Waals surface area contributed by atoms with Crippen LogP contribution in [-0.2, 0) is 27.2 Å². The lowest BCUT2D eigenvalue weighted by Gasteiger charge is -2.21. The number of amides is 1. The van der Waals surface area contributed by atoms with E-state index in [0.717, 1.165) is 43.5 Å². The summed E-state index contributed by atoms with van der Waals surface area (Å²) in [6.45, 7) is 8.10. The molecule has 0 radical (unpaired) electrons. The van der Waals surface area contributed by atoms with Crippen molar-refractivity contribution >= 4 is 11.9 Å². The van der Waals surface area contributed by atoms with E-state index in [-0.39, 0.29) is 24.2 Å². The molecule has 1 heterocycles. The molecule has 5 heteroatoms. The van der Waals surface area contributed by atoms with Crippen LogP contribution in [0, 0.1) is 5.92 Å². The molecule has 0 atom stereocenters. The van der Waals surface area contributed by atoms with Crippen molar-refractivity contribution in [3.8, 4) is 0 Å². The van der Waals surface area contributed by atoms with E-state index < -0.39 is 5.60 Å². The molecule has 0 aliphatic carbocycles. The Morgan fingerprint density at radius 2 is 1.72 bits per heavy atom. The molecule has 1 amide bonds. The molecule has 1 fully saturated rings. The molecule has 0 unspecified atom stereocenters. The molecule has 25 heavy (non-hydrogen) atoms. The summed E-state index contributed by atoms with van der Waals surface area (Å²) in [6.07, 6.45) is 2.92. The highest BCUT2D eigenvalue weighted by Crippen LogP contribution is 2.12. The summed E-state index contributed by atoms with van der Waals surface area (Å²) in [5.41, 5.74) is 1.64. The zero-order valence-corrected chi connectivity index (χ0v) is 15.6. The fraction of sp³-hybridized carbons (Fsp3) is 0.600. The molecule has 0 saturated carbocycles. The largest absolute Gasteiger partial charge is 0.460 e. The van der Waals surface area contributed by atoms with Crippen LogP contribution in [0.15, 0.2) is 24.3 Å². The zero-order valence-electron chi connectivity index (χ0n) is 15.6. The van der Waals surface area contributed by atoms with Gasteiger partial charge < -0.3 is 15.4 Å². The Labute approximate surface area is 150 Å². The second kappa shape index (κ2) is 8.99. The van der Waals surface area contributed by atoms with Crippen molar-refractivity contribution < 1.29 is 14.3 Å². The van der Waals surface area contributed by atoms with Crippen LogP contribution < -0.4 is 10.6 Å². The van der Waals surface area contributed by atoms with E-state index in [4.69, 9.17) is 4.74 Å². The second-order valence-corrected chi connectivity index (χ2v) is 7.65. The molecule has 0 spiro atoms. The first-order chi connectivity index (χ1) is 11.8. The minimum absolute atomic E-state index is 0.150. The van der Waals surface area contributed by atoms with Crippen LogP contribution in [0.25, 0.3) is 0 Å². The molecule has 0 bridgehead atoms. The number of benzene rings is 1. The number of ether oxygens (including phenoxy) is 1. The highest BCUT2D eigenvalue weighted by atomic mass is 16.6. The van der Waals surface area contributed by atoms with E-state index in [1.807, 2.05) is 45.0 Å². The lowest BCUT2D eigenvalue weighted by molar-refractivity contribution is -0.153. The number of piperidine rings is 1. The van der Waals surface area contributed by atoms with Crippen molar-refractivity contribution in [2.45, 2.75) is 52.1 Å². The number of rotatable bonds is 6. The van der Waals surface area contributed by atoms with Gasteiger partial charge in [-0.25, -0.2) is 0 Å². The van der Waals surface area contributed by atoms with Crippen LogP contribution in [0.3, 0.4) is 0 Å². The number of nitrogens with one attached hydrogen (secondary N) is 2. The number of carbonyl (C=O) groups is 2. The Balaban J connectivity index is 1.72. The van der Waals surface area contributed by atoms with Crippen LogP contribution in [0.5, 0.6) is 0 Å². The first-order valence-corrected chi connectivity index (χ1v) is 9.11. The molecule has 5 nitrogen and oxygen atoms in total. The highest BCUT2D eigenvalue weighted by Gasteiger charge is 2.20. The van der Waals surface area contributed by atoms with E-state index in [2.05, 4.69) is 10.6 Å². The average molecular weight is 346 g/mol. The number of hydrogen-bond acceptors (Lipinski definition) is 4. The van der Waals surface area contributed by atoms with Crippen molar-refractivity contribution in [2.75, 3.05) is 19.6 Å². The third-order valence-corrected chi connectivity index (χ3v) is 4.21. The minimum Gasteiger partial charge on any atom is -0.460 e. The van der Waals surface area contributed by atoms with Gasteiger partial charge in [-0.05, 0) is 64.3 Å². The molecule has 1 aliphatic heterocycles. The predicted octanol–water partition coefficient (Wildman–Crippen LogP) is 2.23. The summed E-state index contributed by atoms with van der Waals surface area (Å²) in [6, 6.07) is 7.93. The Morgan fingerprint density at radius 3 is 2.32 bits per heavy atom. The van der Waals surface area contributed by atoms with Gasteiger partial charge in [0.2, 0.25) is 5.91 Å². The normalized spacial score (nSPS) is 15.6. The predicted molar refractivity (Wildman–Crippen MR) is 98.3 cm³/mol. The summed E-state index contributed by atoms with van der Waals surface area (Å²) >= 11 is 0. The lowest BCUT2D eigenvalue weighted by atomic mass is 9.97. The molecule has 1 aliphatic rings. The van der Waals surface area contributed by atoms with Crippen LogP contribution in [-0.4, -0.2) is 37.1 Å². The van der Waals surface area contributed by atoms with Crippen LogP contribution >= 0.6 is 0 Å². The number of esters is 1. The molecular formula is C20H30N2O3. The van der Waals surface area contributed by atoms with E-state index in [1.54, 1.807) is 0 Å². The smallest absolute Gasteiger partial charge is 0.310 e. The van der Waals surface area contributed by atoms with E-state index in [0.29, 0.717) is 6.54 Å². The molecule has 2 N–H and O–H groups in total. The molecule has 1 aromatic carbocycles. The first kappa shape index (κ1) is 19.4. The molecule has 138 valence electrons. The van der Waals surface area contributed by atoms with Gasteiger partial charge in [-0.3, -0.25) is 9.59 Å². The Hall–Kier alpha value is -1.88. The third kappa shape index (κ3) is 7.26. The first-order valence-electron chi connectivity index (χ1n) is 9.11. The Morgan fingerprint density at radius 1 is 1.12 bits per heavy atom. The van der Waals surface area contributed by atoms with E-state index >= 15 is 0 Å². The minimum atomic E-state index is -0.455. The quantitative estimate of drug-likeness (QED) is 0.775. The van der Waals surface area contributed by atoms with Gasteiger partial charge in [0.25, 0.3) is 0 Å². The SMILES string of the molecule is CC(C)(C)OC(=O)Cc1ccc(CCNC(=O)C2CCNCC2)cc1. The Bertz CT molecular complexity index is 570. The highest BCUT2D eigenvalue weighted by molar-refractivity contribution is 5.78. The zero-order chi connectivity index (χ0) is 18.3. The topological polar surface area (TPSA) is 67.4 Å². The average Bonchev–Trinajstić information content (AvgIpc) is 2.55. The van der Waals surface area contributed by atoms with Crippen LogP contribution in [0.2, 0.25) is 0 Å². The van der Waals surface area contributed by atoms with Crippen molar-refractivity contribution in [2.24, 2.45) is 5.92 Å². The van der Waals surface area contributed by atoms with Gasteiger partial charge in [0, 0.05) is 12.5 Å². The maximum atomic E-state index is 12.1. The number of hydrogen-bond donors (Lipinski definition) is 2. The molecule has 1 saturated heterocycles. The third-order valence-electron chi connectivity index (χ3n) is 4.21. The van der Waals surface area contributed by atoms with E-state index in [1.165, 1.54) is 0 Å². The van der Waals surface area contributed by atoms with Gasteiger partial charge in [-0.2, -0.15) is 0 Å². The van der Waals surface area contributed by atoms with Gasteiger partial charge in [0.05, 0.1) is 6.42 Å². The summed E-state index contributed by atoms with van der Waals surface area (Å²) < 4.78 is 5.33. The van der Waals surface area contributed by atoms with Crippen molar-refractivity contribution in [1.82, 2.24) is 10.6 Å². The summed E-state index contributed by atoms with van der Waals surface area (Å²) in [7, 11) is 0. The van der Waals surface area contributed by atoms with Crippen molar-refractivity contribution in [3.63, 3.8) is 0 Å². The Kier molecular flexibility index (Phi) is 7.00. The number of carbonyl (C=O) groups excluding carboxylic acids is 2. The van der Waals surface area contributed by atoms with Gasteiger partial charge in [-0.15, -0.1) is 0 Å². The monoisotopic (exact) mass is 346 g/mol. The van der Waals surface area contributed by atoms with Gasteiger partial charge in [-0.1, -0.05) is 24.3 Å². The van der Waals surface area contributed by atoms with Crippen LogP contribution in [0.1, 0.15) is 44.7 Å². The molecule has 0 aromatic heterocycles. The van der Waals surface area contributed by atoms with Crippen LogP contribution in [0.4, 0.5) is 0 Å². The van der Waals surface area contributed by atoms with Crippen molar-refractivity contribution in [1.29, 1.82) is 0 Å². The molecular weight excluding hydrogens is 316 g/mol. The summed E-state index contributed by atoms with van der Waals surface area (Å²) in [5.74, 6) is 0.106. The van der Waals surface area contributed by atoms with E-state index in [9.17, 15) is 9.59 Å². The molecule has 2 rings (SSSR count). The van der Waals surface area contributed by atoms with Gasteiger partial charge in [0.1, 0.15) is 5.60 Å². The second-order valence-electron chi connectivity index (χ2n) is 7.65. The maximum Gasteiger partial charge on any atom is 0.310 e. The standard InChI is InChI=1S/C20H30N2O3/c1-20(2,3)25-18(23)14-16-6-4-15(5-7-16)8-13-22-19(24)17-9-11-21-12-10-17/h4-7,17,21H,8-14H2,1-3H3,(H,22,24). The van der Waals surface area contributed by atoms with Crippen molar-refractivity contribution in [3.05, 3.63) is 35.4 Å². The summed E-state index contributed by atoms with van der Waals surface area (Å²) in [5, 5.41) is 6.30. The molecule has 1 aromatic rings. The van der Waals surface area contributed by atoms with Gasteiger partial charge in [0.15, 0.2) is 0 Å². The lowest BCUT2D eigenvalue weighted by Crippen LogP contribution is -2.38.